The van der Waals surface area contributed by atoms with E-state index in [4.69, 9.17) is 4.42 Å². The normalized spacial score (nSPS) is 16.3. The number of hydrogen-bond donors (Lipinski definition) is 2. The lowest BCUT2D eigenvalue weighted by molar-refractivity contribution is -0.919. The van der Waals surface area contributed by atoms with Gasteiger partial charge in [0.15, 0.2) is 11.8 Å². The van der Waals surface area contributed by atoms with Gasteiger partial charge in [-0.15, -0.1) is 0 Å². The molecule has 1 saturated heterocycles. The Morgan fingerprint density at radius 1 is 1.13 bits per heavy atom. The standard InChI is InChI=1S/C19H24N2O2/c22-19(11-10-16-7-2-1-3-8-16)20-15-17(18-9-6-14-23-18)21-12-4-5-13-21/h1-3,6-9,14,17H,4-5,10-13,15H2,(H,20,22)/p+1/t17-/m1/s1. The predicted molar refractivity (Wildman–Crippen MR) is 89.2 cm³/mol. The number of rotatable bonds is 7. The Hall–Kier alpha value is -2.07. The van der Waals surface area contributed by atoms with E-state index in [1.807, 2.05) is 30.3 Å². The SMILES string of the molecule is O=C(CCc1ccccc1)NC[C@H](c1ccco1)[NH+]1CCCC1. The molecular weight excluding hydrogens is 288 g/mol. The molecule has 1 atom stereocenters. The third-order valence-corrected chi connectivity index (χ3v) is 4.61. The van der Waals surface area contributed by atoms with E-state index in [-0.39, 0.29) is 11.9 Å². The van der Waals surface area contributed by atoms with Gasteiger partial charge < -0.3 is 14.6 Å². The molecule has 0 saturated carbocycles. The first kappa shape index (κ1) is 15.8. The number of carbonyl (C=O) groups excluding carboxylic acids is 1. The first-order chi connectivity index (χ1) is 11.3. The monoisotopic (exact) mass is 313 g/mol. The minimum Gasteiger partial charge on any atom is -0.463 e. The van der Waals surface area contributed by atoms with Gasteiger partial charge in [0, 0.05) is 19.3 Å². The smallest absolute Gasteiger partial charge is 0.220 e. The van der Waals surface area contributed by atoms with Gasteiger partial charge in [-0.05, 0) is 24.1 Å². The molecule has 1 aromatic carbocycles. The minimum atomic E-state index is 0.115. The fraction of sp³-hybridized carbons (Fsp3) is 0.421. The van der Waals surface area contributed by atoms with Crippen molar-refractivity contribution in [3.8, 4) is 0 Å². The van der Waals surface area contributed by atoms with E-state index in [1.54, 1.807) is 6.26 Å². The molecular formula is C19H25N2O2+. The molecule has 23 heavy (non-hydrogen) atoms. The highest BCUT2D eigenvalue weighted by atomic mass is 16.3. The molecule has 0 bridgehead atoms. The Balaban J connectivity index is 1.51. The second-order valence-electron chi connectivity index (χ2n) is 6.22. The van der Waals surface area contributed by atoms with Crippen LogP contribution in [0.2, 0.25) is 0 Å². The lowest BCUT2D eigenvalue weighted by atomic mass is 10.1. The van der Waals surface area contributed by atoms with Crippen LogP contribution < -0.4 is 10.2 Å². The zero-order valence-electron chi connectivity index (χ0n) is 13.5. The molecule has 2 heterocycles. The van der Waals surface area contributed by atoms with Crippen molar-refractivity contribution in [2.45, 2.75) is 31.7 Å². The Bertz CT molecular complexity index is 589. The van der Waals surface area contributed by atoms with Gasteiger partial charge in [0.25, 0.3) is 0 Å². The maximum atomic E-state index is 12.2. The van der Waals surface area contributed by atoms with Crippen molar-refractivity contribution in [1.82, 2.24) is 5.32 Å². The van der Waals surface area contributed by atoms with Gasteiger partial charge >= 0.3 is 0 Å². The number of carbonyl (C=O) groups is 1. The molecule has 4 nitrogen and oxygen atoms in total. The fourth-order valence-electron chi connectivity index (χ4n) is 3.32. The van der Waals surface area contributed by atoms with E-state index in [1.165, 1.54) is 23.3 Å². The summed E-state index contributed by atoms with van der Waals surface area (Å²) < 4.78 is 5.60. The molecule has 1 fully saturated rings. The molecule has 0 spiro atoms. The predicted octanol–water partition coefficient (Wildman–Crippen LogP) is 1.75. The molecule has 122 valence electrons. The topological polar surface area (TPSA) is 46.7 Å². The zero-order chi connectivity index (χ0) is 15.9. The van der Waals surface area contributed by atoms with Crippen molar-refractivity contribution >= 4 is 5.91 Å². The van der Waals surface area contributed by atoms with Crippen molar-refractivity contribution in [3.05, 3.63) is 60.1 Å². The zero-order valence-corrected chi connectivity index (χ0v) is 13.5. The molecule has 3 rings (SSSR count). The summed E-state index contributed by atoms with van der Waals surface area (Å²) in [6.45, 7) is 2.97. The summed E-state index contributed by atoms with van der Waals surface area (Å²) in [6, 6.07) is 14.3. The highest BCUT2D eigenvalue weighted by molar-refractivity contribution is 5.76. The summed E-state index contributed by atoms with van der Waals surface area (Å²) in [4.78, 5) is 13.7. The van der Waals surface area contributed by atoms with Gasteiger partial charge in [-0.3, -0.25) is 4.79 Å². The van der Waals surface area contributed by atoms with Crippen LogP contribution in [0.15, 0.2) is 53.1 Å². The number of amides is 1. The van der Waals surface area contributed by atoms with E-state index in [0.717, 1.165) is 25.3 Å². The molecule has 1 aliphatic rings. The van der Waals surface area contributed by atoms with Gasteiger partial charge in [-0.25, -0.2) is 0 Å². The lowest BCUT2D eigenvalue weighted by Gasteiger charge is -2.23. The largest absolute Gasteiger partial charge is 0.463 e. The summed E-state index contributed by atoms with van der Waals surface area (Å²) in [5.74, 6) is 1.09. The van der Waals surface area contributed by atoms with Crippen LogP contribution in [0.1, 0.15) is 36.6 Å². The van der Waals surface area contributed by atoms with Crippen molar-refractivity contribution in [2.24, 2.45) is 0 Å². The van der Waals surface area contributed by atoms with Gasteiger partial charge in [-0.1, -0.05) is 30.3 Å². The van der Waals surface area contributed by atoms with Gasteiger partial charge in [0.2, 0.25) is 5.91 Å². The molecule has 2 N–H and O–H groups in total. The quantitative estimate of drug-likeness (QED) is 0.818. The summed E-state index contributed by atoms with van der Waals surface area (Å²) in [6.07, 6.45) is 5.55. The number of aryl methyl sites for hydroxylation is 1. The number of nitrogens with one attached hydrogen (secondary N) is 2. The molecule has 0 radical (unpaired) electrons. The van der Waals surface area contributed by atoms with Crippen molar-refractivity contribution < 1.29 is 14.1 Å². The number of hydrogen-bond acceptors (Lipinski definition) is 2. The lowest BCUT2D eigenvalue weighted by Crippen LogP contribution is -3.11. The average molecular weight is 313 g/mol. The first-order valence-corrected chi connectivity index (χ1v) is 8.51. The average Bonchev–Trinajstić information content (AvgIpc) is 3.28. The van der Waals surface area contributed by atoms with Crippen LogP contribution in [-0.2, 0) is 11.2 Å². The van der Waals surface area contributed by atoms with Crippen LogP contribution in [0.3, 0.4) is 0 Å². The Morgan fingerprint density at radius 3 is 2.61 bits per heavy atom. The van der Waals surface area contributed by atoms with Crippen LogP contribution in [0.25, 0.3) is 0 Å². The number of quaternary nitrogens is 1. The molecule has 0 aliphatic carbocycles. The van der Waals surface area contributed by atoms with Crippen molar-refractivity contribution in [1.29, 1.82) is 0 Å². The minimum absolute atomic E-state index is 0.115. The second kappa shape index (κ2) is 7.97. The van der Waals surface area contributed by atoms with E-state index in [9.17, 15) is 4.79 Å². The first-order valence-electron chi connectivity index (χ1n) is 8.51. The van der Waals surface area contributed by atoms with Crippen LogP contribution in [-0.4, -0.2) is 25.5 Å². The van der Waals surface area contributed by atoms with E-state index in [2.05, 4.69) is 17.4 Å². The van der Waals surface area contributed by atoms with Gasteiger partial charge in [0.1, 0.15) is 0 Å². The summed E-state index contributed by atoms with van der Waals surface area (Å²) >= 11 is 0. The number of likely N-dealkylation sites (tertiary alicyclic amines) is 1. The highest BCUT2D eigenvalue weighted by Crippen LogP contribution is 2.11. The summed E-state index contributed by atoms with van der Waals surface area (Å²) in [5.41, 5.74) is 1.20. The third kappa shape index (κ3) is 4.45. The number of furan rings is 1. The maximum absolute atomic E-state index is 12.2. The maximum Gasteiger partial charge on any atom is 0.220 e. The molecule has 1 aliphatic heterocycles. The Morgan fingerprint density at radius 2 is 1.91 bits per heavy atom. The molecule has 4 heteroatoms. The summed E-state index contributed by atoms with van der Waals surface area (Å²) in [7, 11) is 0. The van der Waals surface area contributed by atoms with Crippen LogP contribution >= 0.6 is 0 Å². The van der Waals surface area contributed by atoms with Crippen LogP contribution in [0.4, 0.5) is 0 Å². The summed E-state index contributed by atoms with van der Waals surface area (Å²) in [5, 5.41) is 3.10. The molecule has 1 amide bonds. The fourth-order valence-corrected chi connectivity index (χ4v) is 3.32. The second-order valence-corrected chi connectivity index (χ2v) is 6.22. The van der Waals surface area contributed by atoms with Crippen LogP contribution in [0.5, 0.6) is 0 Å². The van der Waals surface area contributed by atoms with Crippen LogP contribution in [0, 0.1) is 0 Å². The number of benzene rings is 1. The third-order valence-electron chi connectivity index (χ3n) is 4.61. The van der Waals surface area contributed by atoms with Gasteiger partial charge in [-0.2, -0.15) is 0 Å². The molecule has 0 unspecified atom stereocenters. The van der Waals surface area contributed by atoms with Gasteiger partial charge in [0.05, 0.1) is 25.9 Å². The van der Waals surface area contributed by atoms with E-state index >= 15 is 0 Å². The highest BCUT2D eigenvalue weighted by Gasteiger charge is 2.29. The van der Waals surface area contributed by atoms with Crippen molar-refractivity contribution in [2.75, 3.05) is 19.6 Å². The van der Waals surface area contributed by atoms with Crippen molar-refractivity contribution in [3.63, 3.8) is 0 Å². The Labute approximate surface area is 137 Å². The molecule has 2 aromatic rings. The molecule has 1 aromatic heterocycles. The van der Waals surface area contributed by atoms with E-state index in [0.29, 0.717) is 13.0 Å². The van der Waals surface area contributed by atoms with E-state index < -0.39 is 0 Å². The Kier molecular flexibility index (Phi) is 5.48.